The van der Waals surface area contributed by atoms with Crippen LogP contribution >= 0.6 is 34.5 Å². The average Bonchev–Trinajstić information content (AvgIpc) is 3.14. The minimum atomic E-state index is -4.81. The third-order valence-corrected chi connectivity index (χ3v) is 8.33. The van der Waals surface area contributed by atoms with Gasteiger partial charge in [0.2, 0.25) is 10.0 Å². The molecular weight excluding hydrogens is 578 g/mol. The zero-order valence-electron chi connectivity index (χ0n) is 20.9. The summed E-state index contributed by atoms with van der Waals surface area (Å²) in [5, 5.41) is 11.7. The number of hydrogen-bond acceptors (Lipinski definition) is 7. The van der Waals surface area contributed by atoms with E-state index in [0.717, 1.165) is 17.4 Å². The smallest absolute Gasteiger partial charge is 0.389 e. The fraction of sp³-hybridized carbons (Fsp3) is 0.545. The molecule has 2 aromatic rings. The van der Waals surface area contributed by atoms with Gasteiger partial charge < -0.3 is 15.2 Å². The molecule has 1 aromatic heterocycles. The highest BCUT2D eigenvalue weighted by atomic mass is 35.5. The molecule has 3 N–H and O–H groups in total. The van der Waals surface area contributed by atoms with Crippen LogP contribution in [-0.2, 0) is 21.4 Å². The van der Waals surface area contributed by atoms with Crippen molar-refractivity contribution < 1.29 is 36.2 Å². The molecule has 1 aromatic carbocycles. The largest absolute Gasteiger partial charge is 0.404 e. The quantitative estimate of drug-likeness (QED) is 0.363. The molecule has 0 aliphatic carbocycles. The van der Waals surface area contributed by atoms with E-state index in [-0.39, 0.29) is 28.7 Å². The fourth-order valence-electron chi connectivity index (χ4n) is 2.69. The predicted molar refractivity (Wildman–Crippen MR) is 137 cm³/mol. The monoisotopic (exact) mass is 605 g/mol. The maximum absolute atomic E-state index is 12.9. The standard InChI is InChI=1S/C22H28Cl2F3N3O5S2/c1-11(22(25,26)27)30-37(33,34)14-8-7-12(15(23)16(14)24)17-13(9-35-20(2,3)4)29-19(36-17)18(31)28-10-21(5,6)32/h7-8,11,30,32H,9-10H2,1-6H3,(H,28,31)/t11-/m0/s1. The summed E-state index contributed by atoms with van der Waals surface area (Å²) >= 11 is 13.5. The lowest BCUT2D eigenvalue weighted by Crippen LogP contribution is -2.43. The Morgan fingerprint density at radius 1 is 1.16 bits per heavy atom. The minimum Gasteiger partial charge on any atom is -0.389 e. The average molecular weight is 607 g/mol. The van der Waals surface area contributed by atoms with Crippen LogP contribution in [-0.4, -0.2) is 54.4 Å². The van der Waals surface area contributed by atoms with Gasteiger partial charge >= 0.3 is 6.18 Å². The van der Waals surface area contributed by atoms with Gasteiger partial charge in [0.1, 0.15) is 10.9 Å². The lowest BCUT2D eigenvalue weighted by Gasteiger charge is -2.20. The molecule has 1 atom stereocenters. The molecule has 0 saturated heterocycles. The number of thiazole rings is 1. The van der Waals surface area contributed by atoms with Gasteiger partial charge in [0.25, 0.3) is 5.91 Å². The number of halogens is 5. The Kier molecular flexibility index (Phi) is 9.71. The van der Waals surface area contributed by atoms with E-state index in [1.807, 2.05) is 20.8 Å². The van der Waals surface area contributed by atoms with Crippen LogP contribution in [0.5, 0.6) is 0 Å². The maximum atomic E-state index is 12.9. The molecule has 0 unspecified atom stereocenters. The van der Waals surface area contributed by atoms with Crippen LogP contribution in [0.15, 0.2) is 17.0 Å². The van der Waals surface area contributed by atoms with Crippen LogP contribution in [0.2, 0.25) is 10.0 Å². The lowest BCUT2D eigenvalue weighted by molar-refractivity contribution is -0.147. The highest BCUT2D eigenvalue weighted by Gasteiger charge is 2.39. The number of aromatic nitrogens is 1. The molecule has 208 valence electrons. The molecule has 0 bridgehead atoms. The second kappa shape index (κ2) is 11.3. The number of nitrogens with one attached hydrogen (secondary N) is 2. The van der Waals surface area contributed by atoms with Crippen LogP contribution in [0, 0.1) is 0 Å². The van der Waals surface area contributed by atoms with Crippen LogP contribution < -0.4 is 10.0 Å². The molecule has 0 fully saturated rings. The first-order valence-corrected chi connectivity index (χ1v) is 13.9. The van der Waals surface area contributed by atoms with E-state index in [1.165, 1.54) is 24.6 Å². The highest BCUT2D eigenvalue weighted by molar-refractivity contribution is 7.89. The first kappa shape index (κ1) is 31.7. The molecule has 0 spiro atoms. The van der Waals surface area contributed by atoms with Crippen molar-refractivity contribution in [3.05, 3.63) is 32.9 Å². The molecular formula is C22H28Cl2F3N3O5S2. The maximum Gasteiger partial charge on any atom is 0.404 e. The number of carbonyl (C=O) groups excluding carboxylic acids is 1. The van der Waals surface area contributed by atoms with Gasteiger partial charge in [-0.2, -0.15) is 17.9 Å². The lowest BCUT2D eigenvalue weighted by atomic mass is 10.1. The van der Waals surface area contributed by atoms with Gasteiger partial charge in [-0.05, 0) is 47.6 Å². The molecule has 1 heterocycles. The summed E-state index contributed by atoms with van der Waals surface area (Å²) in [4.78, 5) is 16.7. The summed E-state index contributed by atoms with van der Waals surface area (Å²) in [7, 11) is -4.68. The first-order valence-electron chi connectivity index (χ1n) is 10.8. The fourth-order valence-corrected chi connectivity index (χ4v) is 5.86. The number of amides is 1. The molecule has 0 aliphatic rings. The summed E-state index contributed by atoms with van der Waals surface area (Å²) in [5.41, 5.74) is -1.21. The van der Waals surface area contributed by atoms with E-state index in [4.69, 9.17) is 27.9 Å². The van der Waals surface area contributed by atoms with Crippen molar-refractivity contribution in [1.82, 2.24) is 15.0 Å². The van der Waals surface area contributed by atoms with Crippen molar-refractivity contribution >= 4 is 50.5 Å². The minimum absolute atomic E-state index is 0.0244. The first-order chi connectivity index (χ1) is 16.6. The zero-order chi connectivity index (χ0) is 28.6. The summed E-state index contributed by atoms with van der Waals surface area (Å²) in [5.74, 6) is -0.567. The number of carbonyl (C=O) groups is 1. The van der Waals surface area contributed by atoms with Gasteiger partial charge in [-0.3, -0.25) is 4.79 Å². The Balaban J connectivity index is 2.53. The van der Waals surface area contributed by atoms with Crippen molar-refractivity contribution in [2.45, 2.75) is 76.5 Å². The van der Waals surface area contributed by atoms with E-state index in [2.05, 4.69) is 10.3 Å². The van der Waals surface area contributed by atoms with Crippen molar-refractivity contribution in [1.29, 1.82) is 0 Å². The number of benzene rings is 1. The van der Waals surface area contributed by atoms with E-state index in [9.17, 15) is 31.5 Å². The predicted octanol–water partition coefficient (Wildman–Crippen LogP) is 5.16. The van der Waals surface area contributed by atoms with Gasteiger partial charge in [0.05, 0.1) is 38.4 Å². The topological polar surface area (TPSA) is 118 Å². The van der Waals surface area contributed by atoms with E-state index >= 15 is 0 Å². The number of rotatable bonds is 9. The summed E-state index contributed by atoms with van der Waals surface area (Å²) < 4.78 is 71.2. The summed E-state index contributed by atoms with van der Waals surface area (Å²) in [6.45, 7) is 9.06. The second-order valence-electron chi connectivity index (χ2n) is 9.81. The Morgan fingerprint density at radius 3 is 2.27 bits per heavy atom. The van der Waals surface area contributed by atoms with E-state index in [0.29, 0.717) is 17.5 Å². The Bertz CT molecular complexity index is 1250. The SMILES string of the molecule is C[C@H](NS(=O)(=O)c1ccc(-c2sc(C(=O)NCC(C)(C)O)nc2COC(C)(C)C)c(Cl)c1Cl)C(F)(F)F. The summed E-state index contributed by atoms with van der Waals surface area (Å²) in [6, 6.07) is -0.0651. The molecule has 8 nitrogen and oxygen atoms in total. The summed E-state index contributed by atoms with van der Waals surface area (Å²) in [6.07, 6.45) is -4.81. The Hall–Kier alpha value is -1.48. The Labute approximate surface area is 227 Å². The van der Waals surface area contributed by atoms with Crippen molar-refractivity contribution in [2.24, 2.45) is 0 Å². The number of hydrogen-bond donors (Lipinski definition) is 3. The molecule has 15 heteroatoms. The Morgan fingerprint density at radius 2 is 1.76 bits per heavy atom. The third kappa shape index (κ3) is 8.77. The van der Waals surface area contributed by atoms with Crippen molar-refractivity contribution in [2.75, 3.05) is 6.54 Å². The molecule has 0 aliphatic heterocycles. The number of sulfonamides is 1. The van der Waals surface area contributed by atoms with Crippen LogP contribution in [0.25, 0.3) is 10.4 Å². The van der Waals surface area contributed by atoms with Crippen LogP contribution in [0.3, 0.4) is 0 Å². The van der Waals surface area contributed by atoms with Gasteiger partial charge in [-0.25, -0.2) is 13.4 Å². The third-order valence-electron chi connectivity index (χ3n) is 4.62. The van der Waals surface area contributed by atoms with Crippen molar-refractivity contribution in [3.8, 4) is 10.4 Å². The van der Waals surface area contributed by atoms with Crippen LogP contribution in [0.4, 0.5) is 13.2 Å². The zero-order valence-corrected chi connectivity index (χ0v) is 24.0. The second-order valence-corrected chi connectivity index (χ2v) is 13.3. The molecule has 0 radical (unpaired) electrons. The van der Waals surface area contributed by atoms with Gasteiger partial charge in [-0.1, -0.05) is 29.3 Å². The van der Waals surface area contributed by atoms with Crippen molar-refractivity contribution in [3.63, 3.8) is 0 Å². The molecule has 0 saturated carbocycles. The van der Waals surface area contributed by atoms with Crippen LogP contribution in [0.1, 0.15) is 57.0 Å². The number of aliphatic hydroxyl groups is 1. The van der Waals surface area contributed by atoms with Gasteiger partial charge in [-0.15, -0.1) is 11.3 Å². The van der Waals surface area contributed by atoms with E-state index < -0.39 is 49.3 Å². The molecule has 37 heavy (non-hydrogen) atoms. The molecule has 1 amide bonds. The number of alkyl halides is 3. The van der Waals surface area contributed by atoms with Gasteiger partial charge in [0, 0.05) is 12.1 Å². The molecule has 2 rings (SSSR count). The number of nitrogens with zero attached hydrogens (tertiary/aromatic N) is 1. The normalized spacial score (nSPS) is 14.1. The van der Waals surface area contributed by atoms with E-state index in [1.54, 1.807) is 0 Å². The number of ether oxygens (including phenoxy) is 1. The van der Waals surface area contributed by atoms with Gasteiger partial charge in [0.15, 0.2) is 5.01 Å². The highest BCUT2D eigenvalue weighted by Crippen LogP contribution is 2.42.